The Morgan fingerprint density at radius 1 is 1.22 bits per heavy atom. The number of likely N-dealkylation sites (tertiary alicyclic amines) is 1. The third-order valence-corrected chi connectivity index (χ3v) is 6.89. The number of H-pyrrole nitrogens is 1. The Bertz CT molecular complexity index is 1020. The predicted octanol–water partition coefficient (Wildman–Crippen LogP) is 0.930. The second-order valence-corrected chi connectivity index (χ2v) is 9.25. The molecule has 2 fully saturated rings. The fourth-order valence-corrected chi connectivity index (χ4v) is 5.55. The molecule has 2 unspecified atom stereocenters. The molecule has 1 N–H and O–H groups in total. The highest BCUT2D eigenvalue weighted by Gasteiger charge is 2.40. The Morgan fingerprint density at radius 3 is 2.78 bits per heavy atom. The zero-order chi connectivity index (χ0) is 19.0. The van der Waals surface area contributed by atoms with E-state index in [2.05, 4.69) is 15.0 Å². The zero-order valence-corrected chi connectivity index (χ0v) is 15.5. The number of hydrogen-bond donors (Lipinski definition) is 1. The first-order chi connectivity index (χ1) is 12.9. The van der Waals surface area contributed by atoms with Gasteiger partial charge in [-0.3, -0.25) is 14.6 Å². The van der Waals surface area contributed by atoms with Gasteiger partial charge in [0.15, 0.2) is 9.84 Å². The van der Waals surface area contributed by atoms with Crippen LogP contribution in [0.1, 0.15) is 31.1 Å². The molecule has 142 valence electrons. The molecule has 2 aromatic heterocycles. The molecular formula is C18H20N4O4S. The van der Waals surface area contributed by atoms with Crippen molar-refractivity contribution in [2.45, 2.75) is 25.3 Å². The Balaban J connectivity index is 1.63. The molecule has 0 aromatic carbocycles. The summed E-state index contributed by atoms with van der Waals surface area (Å²) >= 11 is 0. The summed E-state index contributed by atoms with van der Waals surface area (Å²) in [6.07, 6.45) is 3.46. The van der Waals surface area contributed by atoms with Gasteiger partial charge in [-0.25, -0.2) is 13.4 Å². The SMILES string of the molecule is O=C(C1CCS(=O)(=O)C1)N1CCCC1c1nc(-c2ccccn2)cc(=O)[nH]1. The van der Waals surface area contributed by atoms with Gasteiger partial charge in [-0.1, -0.05) is 6.07 Å². The van der Waals surface area contributed by atoms with Crippen LogP contribution in [0.15, 0.2) is 35.3 Å². The van der Waals surface area contributed by atoms with Crippen molar-refractivity contribution in [3.63, 3.8) is 0 Å². The highest BCUT2D eigenvalue weighted by molar-refractivity contribution is 7.91. The van der Waals surface area contributed by atoms with Gasteiger partial charge in [0, 0.05) is 18.8 Å². The number of nitrogens with zero attached hydrogens (tertiary/aromatic N) is 3. The molecule has 0 spiro atoms. The average molecular weight is 388 g/mol. The smallest absolute Gasteiger partial charge is 0.251 e. The number of aromatic nitrogens is 3. The number of amides is 1. The first-order valence-electron chi connectivity index (χ1n) is 8.96. The molecule has 2 saturated heterocycles. The van der Waals surface area contributed by atoms with E-state index in [1.165, 1.54) is 6.07 Å². The lowest BCUT2D eigenvalue weighted by Crippen LogP contribution is -2.37. The first-order valence-corrected chi connectivity index (χ1v) is 10.8. The zero-order valence-electron chi connectivity index (χ0n) is 14.7. The molecule has 2 aliphatic rings. The molecule has 8 nitrogen and oxygen atoms in total. The van der Waals surface area contributed by atoms with Crippen LogP contribution in [-0.4, -0.2) is 52.2 Å². The largest absolute Gasteiger partial charge is 0.332 e. The van der Waals surface area contributed by atoms with Crippen LogP contribution in [0, 0.1) is 5.92 Å². The number of nitrogens with one attached hydrogen (secondary N) is 1. The summed E-state index contributed by atoms with van der Waals surface area (Å²) in [6.45, 7) is 0.539. The van der Waals surface area contributed by atoms with Gasteiger partial charge in [0.2, 0.25) is 5.91 Å². The van der Waals surface area contributed by atoms with E-state index in [1.807, 2.05) is 6.07 Å². The molecule has 0 aliphatic carbocycles. The van der Waals surface area contributed by atoms with Crippen molar-refractivity contribution in [3.05, 3.63) is 46.6 Å². The Kier molecular flexibility index (Phi) is 4.55. The van der Waals surface area contributed by atoms with Crippen molar-refractivity contribution >= 4 is 15.7 Å². The van der Waals surface area contributed by atoms with Crippen molar-refractivity contribution in [2.24, 2.45) is 5.92 Å². The number of pyridine rings is 1. The maximum atomic E-state index is 12.9. The van der Waals surface area contributed by atoms with E-state index >= 15 is 0 Å². The van der Waals surface area contributed by atoms with Crippen LogP contribution in [0.2, 0.25) is 0 Å². The summed E-state index contributed by atoms with van der Waals surface area (Å²) in [5.41, 5.74) is 0.739. The third kappa shape index (κ3) is 3.64. The van der Waals surface area contributed by atoms with E-state index in [9.17, 15) is 18.0 Å². The van der Waals surface area contributed by atoms with E-state index in [-0.39, 0.29) is 29.0 Å². The molecule has 9 heteroatoms. The van der Waals surface area contributed by atoms with Crippen molar-refractivity contribution in [3.8, 4) is 11.4 Å². The molecule has 4 rings (SSSR count). The summed E-state index contributed by atoms with van der Waals surface area (Å²) in [5.74, 6) is -0.264. The Labute approximate surface area is 156 Å². The van der Waals surface area contributed by atoms with Crippen molar-refractivity contribution in [2.75, 3.05) is 18.1 Å². The Morgan fingerprint density at radius 2 is 2.07 bits per heavy atom. The number of sulfone groups is 1. The van der Waals surface area contributed by atoms with Crippen molar-refractivity contribution in [1.82, 2.24) is 19.9 Å². The van der Waals surface area contributed by atoms with Gasteiger partial charge in [0.25, 0.3) is 5.56 Å². The molecule has 4 heterocycles. The van der Waals surface area contributed by atoms with Gasteiger partial charge in [-0.05, 0) is 31.4 Å². The minimum absolute atomic E-state index is 0.0617. The Hall–Kier alpha value is -2.55. The fraction of sp³-hybridized carbons (Fsp3) is 0.444. The quantitative estimate of drug-likeness (QED) is 0.837. The van der Waals surface area contributed by atoms with Crippen LogP contribution in [0.25, 0.3) is 11.4 Å². The number of hydrogen-bond acceptors (Lipinski definition) is 6. The highest BCUT2D eigenvalue weighted by atomic mass is 32.2. The number of rotatable bonds is 3. The predicted molar refractivity (Wildman–Crippen MR) is 98.5 cm³/mol. The third-order valence-electron chi connectivity index (χ3n) is 5.12. The van der Waals surface area contributed by atoms with Gasteiger partial charge < -0.3 is 9.88 Å². The molecule has 0 radical (unpaired) electrons. The lowest BCUT2D eigenvalue weighted by atomic mass is 10.1. The van der Waals surface area contributed by atoms with Crippen LogP contribution >= 0.6 is 0 Å². The molecule has 2 atom stereocenters. The molecule has 27 heavy (non-hydrogen) atoms. The summed E-state index contributed by atoms with van der Waals surface area (Å²) in [4.78, 5) is 38.2. The van der Waals surface area contributed by atoms with Crippen molar-refractivity contribution in [1.29, 1.82) is 0 Å². The van der Waals surface area contributed by atoms with E-state index in [1.54, 1.807) is 23.2 Å². The summed E-state index contributed by atoms with van der Waals surface area (Å²) < 4.78 is 23.4. The normalized spacial score (nSPS) is 24.2. The summed E-state index contributed by atoms with van der Waals surface area (Å²) in [5, 5.41) is 0. The maximum Gasteiger partial charge on any atom is 0.251 e. The molecule has 2 aromatic rings. The maximum absolute atomic E-state index is 12.9. The summed E-state index contributed by atoms with van der Waals surface area (Å²) in [7, 11) is -3.13. The van der Waals surface area contributed by atoms with Crippen LogP contribution in [0.3, 0.4) is 0 Å². The van der Waals surface area contributed by atoms with Gasteiger partial charge in [0.05, 0.1) is 34.9 Å². The second kappa shape index (κ2) is 6.88. The van der Waals surface area contributed by atoms with Crippen LogP contribution in [-0.2, 0) is 14.6 Å². The van der Waals surface area contributed by atoms with E-state index < -0.39 is 15.8 Å². The topological polar surface area (TPSA) is 113 Å². The highest BCUT2D eigenvalue weighted by Crippen LogP contribution is 2.33. The lowest BCUT2D eigenvalue weighted by molar-refractivity contribution is -0.135. The summed E-state index contributed by atoms with van der Waals surface area (Å²) in [6, 6.07) is 6.40. The van der Waals surface area contributed by atoms with E-state index in [0.717, 1.165) is 6.42 Å². The fourth-order valence-electron chi connectivity index (χ4n) is 3.82. The molecule has 0 bridgehead atoms. The molecule has 1 amide bonds. The van der Waals surface area contributed by atoms with Crippen LogP contribution in [0.4, 0.5) is 0 Å². The van der Waals surface area contributed by atoms with Crippen molar-refractivity contribution < 1.29 is 13.2 Å². The lowest BCUT2D eigenvalue weighted by Gasteiger charge is -2.26. The van der Waals surface area contributed by atoms with Crippen LogP contribution < -0.4 is 5.56 Å². The average Bonchev–Trinajstić information content (AvgIpc) is 3.28. The minimum Gasteiger partial charge on any atom is -0.332 e. The minimum atomic E-state index is -3.13. The van der Waals surface area contributed by atoms with Crippen LogP contribution in [0.5, 0.6) is 0 Å². The second-order valence-electron chi connectivity index (χ2n) is 7.02. The van der Waals surface area contributed by atoms with Gasteiger partial charge in [0.1, 0.15) is 5.82 Å². The van der Waals surface area contributed by atoms with E-state index in [4.69, 9.17) is 0 Å². The number of carbonyl (C=O) groups is 1. The van der Waals surface area contributed by atoms with Gasteiger partial charge in [-0.2, -0.15) is 0 Å². The monoisotopic (exact) mass is 388 g/mol. The molecule has 2 aliphatic heterocycles. The van der Waals surface area contributed by atoms with Gasteiger partial charge in [-0.15, -0.1) is 0 Å². The van der Waals surface area contributed by atoms with Gasteiger partial charge >= 0.3 is 0 Å². The number of aromatic amines is 1. The molecule has 0 saturated carbocycles. The first kappa shape index (κ1) is 17.8. The molecular weight excluding hydrogens is 368 g/mol. The van der Waals surface area contributed by atoms with E-state index in [0.29, 0.717) is 36.6 Å². The standard InChI is InChI=1S/C18H20N4O4S/c23-16-10-14(13-4-1-2-7-19-13)20-17(21-16)15-5-3-8-22(15)18(24)12-6-9-27(25,26)11-12/h1-2,4,7,10,12,15H,3,5-6,8-9,11H2,(H,20,21,23). The number of carbonyl (C=O) groups excluding carboxylic acids is 1.